The molecular formula is C23H31N5O. The normalized spacial score (nSPS) is 23.7. The maximum absolute atomic E-state index is 12.6. The third-order valence-electron chi connectivity index (χ3n) is 6.86. The van der Waals surface area contributed by atoms with Gasteiger partial charge in [0.2, 0.25) is 5.91 Å². The molecule has 1 aromatic carbocycles. The molecule has 3 fully saturated rings. The average Bonchev–Trinajstić information content (AvgIpc) is 3.20. The molecule has 3 aliphatic rings. The first-order chi connectivity index (χ1) is 14.0. The average molecular weight is 394 g/mol. The third-order valence-corrected chi connectivity index (χ3v) is 6.86. The minimum atomic E-state index is 0.0990. The van der Waals surface area contributed by atoms with Crippen LogP contribution in [-0.2, 0) is 11.3 Å². The van der Waals surface area contributed by atoms with Gasteiger partial charge in [-0.3, -0.25) is 14.8 Å². The minimum Gasteiger partial charge on any atom is -0.341 e. The second-order valence-corrected chi connectivity index (χ2v) is 9.70. The van der Waals surface area contributed by atoms with E-state index in [0.29, 0.717) is 23.7 Å². The molecule has 29 heavy (non-hydrogen) atoms. The van der Waals surface area contributed by atoms with Crippen LogP contribution in [0.25, 0.3) is 0 Å². The smallest absolute Gasteiger partial charge is 0.222 e. The Bertz CT molecular complexity index is 866. The molecule has 2 saturated heterocycles. The number of H-pyrrole nitrogens is 1. The molecule has 6 heteroatoms. The van der Waals surface area contributed by atoms with Crippen LogP contribution in [0.4, 0.5) is 0 Å². The lowest BCUT2D eigenvalue weighted by Crippen LogP contribution is -2.61. The van der Waals surface area contributed by atoms with E-state index in [1.165, 1.54) is 18.4 Å². The second kappa shape index (κ2) is 7.24. The van der Waals surface area contributed by atoms with Gasteiger partial charge in [0.25, 0.3) is 0 Å². The lowest BCUT2D eigenvalue weighted by molar-refractivity contribution is -0.144. The molecule has 2 aliphatic heterocycles. The monoisotopic (exact) mass is 393 g/mol. The molecule has 1 spiro atoms. The summed E-state index contributed by atoms with van der Waals surface area (Å²) in [6.07, 6.45) is 3.21. The summed E-state index contributed by atoms with van der Waals surface area (Å²) in [5.74, 6) is 3.50. The van der Waals surface area contributed by atoms with E-state index in [1.807, 2.05) is 0 Å². The molecule has 1 aromatic heterocycles. The highest BCUT2D eigenvalue weighted by Crippen LogP contribution is 2.49. The fourth-order valence-corrected chi connectivity index (χ4v) is 5.02. The van der Waals surface area contributed by atoms with E-state index in [-0.39, 0.29) is 5.41 Å². The highest BCUT2D eigenvalue weighted by Gasteiger charge is 2.56. The van der Waals surface area contributed by atoms with Gasteiger partial charge in [-0.2, -0.15) is 5.10 Å². The maximum Gasteiger partial charge on any atom is 0.222 e. The number of amides is 1. The van der Waals surface area contributed by atoms with E-state index < -0.39 is 0 Å². The van der Waals surface area contributed by atoms with E-state index in [0.717, 1.165) is 50.8 Å². The Morgan fingerprint density at radius 2 is 1.97 bits per heavy atom. The molecule has 1 N–H and O–H groups in total. The quantitative estimate of drug-likeness (QED) is 0.819. The SMILES string of the molecule is CC(C)c1n[nH]c(C2CN(Cc3ccccc3)CC23CN(C(=O)CC2CC2)C3)n1. The summed E-state index contributed by atoms with van der Waals surface area (Å²) >= 11 is 0. The van der Waals surface area contributed by atoms with Gasteiger partial charge < -0.3 is 4.90 Å². The number of benzene rings is 1. The summed E-state index contributed by atoms with van der Waals surface area (Å²) in [4.78, 5) is 22.1. The number of hydrogen-bond donors (Lipinski definition) is 1. The zero-order chi connectivity index (χ0) is 20.0. The highest BCUT2D eigenvalue weighted by molar-refractivity contribution is 5.78. The topological polar surface area (TPSA) is 65.1 Å². The van der Waals surface area contributed by atoms with Crippen LogP contribution in [0.3, 0.4) is 0 Å². The summed E-state index contributed by atoms with van der Waals surface area (Å²) in [5, 5.41) is 7.69. The van der Waals surface area contributed by atoms with Crippen molar-refractivity contribution in [3.63, 3.8) is 0 Å². The van der Waals surface area contributed by atoms with Gasteiger partial charge in [-0.25, -0.2) is 4.98 Å². The van der Waals surface area contributed by atoms with Crippen molar-refractivity contribution in [1.82, 2.24) is 25.0 Å². The zero-order valence-corrected chi connectivity index (χ0v) is 17.5. The molecule has 3 heterocycles. The Morgan fingerprint density at radius 1 is 1.21 bits per heavy atom. The first-order valence-corrected chi connectivity index (χ1v) is 11.0. The van der Waals surface area contributed by atoms with Crippen LogP contribution in [0.5, 0.6) is 0 Å². The van der Waals surface area contributed by atoms with Gasteiger partial charge in [0.1, 0.15) is 5.82 Å². The third kappa shape index (κ3) is 3.70. The van der Waals surface area contributed by atoms with Crippen molar-refractivity contribution in [3.8, 4) is 0 Å². The maximum atomic E-state index is 12.6. The van der Waals surface area contributed by atoms with E-state index in [4.69, 9.17) is 4.98 Å². The molecule has 2 aromatic rings. The predicted octanol–water partition coefficient (Wildman–Crippen LogP) is 3.16. The summed E-state index contributed by atoms with van der Waals surface area (Å²) in [6, 6.07) is 10.7. The number of nitrogens with zero attached hydrogens (tertiary/aromatic N) is 4. The molecule has 1 aliphatic carbocycles. The Morgan fingerprint density at radius 3 is 2.62 bits per heavy atom. The number of aromatic nitrogens is 3. The number of carbonyl (C=O) groups excluding carboxylic acids is 1. The Labute approximate surface area is 172 Å². The molecule has 1 atom stereocenters. The lowest BCUT2D eigenvalue weighted by atomic mass is 9.71. The number of likely N-dealkylation sites (tertiary alicyclic amines) is 2. The number of nitrogens with one attached hydrogen (secondary N) is 1. The van der Waals surface area contributed by atoms with Crippen LogP contribution >= 0.6 is 0 Å². The van der Waals surface area contributed by atoms with Gasteiger partial charge in [-0.1, -0.05) is 44.2 Å². The van der Waals surface area contributed by atoms with Crippen LogP contribution in [0.15, 0.2) is 30.3 Å². The largest absolute Gasteiger partial charge is 0.341 e. The molecular weight excluding hydrogens is 362 g/mol. The second-order valence-electron chi connectivity index (χ2n) is 9.70. The number of carbonyl (C=O) groups is 1. The molecule has 6 nitrogen and oxygen atoms in total. The Balaban J connectivity index is 1.34. The summed E-state index contributed by atoms with van der Waals surface area (Å²) in [6.45, 7) is 8.88. The van der Waals surface area contributed by atoms with Crippen molar-refractivity contribution < 1.29 is 4.79 Å². The molecule has 1 amide bonds. The van der Waals surface area contributed by atoms with Gasteiger partial charge in [0.15, 0.2) is 5.82 Å². The number of aromatic amines is 1. The summed E-state index contributed by atoms with van der Waals surface area (Å²) in [7, 11) is 0. The van der Waals surface area contributed by atoms with Crippen LogP contribution in [0.2, 0.25) is 0 Å². The molecule has 0 bridgehead atoms. The molecule has 0 radical (unpaired) electrons. The standard InChI is InChI=1S/C23H31N5O/c1-16(2)21-24-22(26-25-21)19-12-27(11-18-6-4-3-5-7-18)13-23(19)14-28(15-23)20(29)10-17-8-9-17/h3-7,16-17,19H,8-15H2,1-2H3,(H,24,25,26). The fourth-order valence-electron chi connectivity index (χ4n) is 5.02. The summed E-state index contributed by atoms with van der Waals surface area (Å²) in [5.41, 5.74) is 1.44. The fraction of sp³-hybridized carbons (Fsp3) is 0.609. The Kier molecular flexibility index (Phi) is 4.69. The number of hydrogen-bond acceptors (Lipinski definition) is 4. The first kappa shape index (κ1) is 18.8. The Hall–Kier alpha value is -2.21. The van der Waals surface area contributed by atoms with Gasteiger partial charge in [0, 0.05) is 56.4 Å². The van der Waals surface area contributed by atoms with Crippen molar-refractivity contribution in [2.24, 2.45) is 11.3 Å². The lowest BCUT2D eigenvalue weighted by Gasteiger charge is -2.50. The van der Waals surface area contributed by atoms with Crippen molar-refractivity contribution in [2.75, 3.05) is 26.2 Å². The van der Waals surface area contributed by atoms with Gasteiger partial charge in [-0.15, -0.1) is 0 Å². The first-order valence-electron chi connectivity index (χ1n) is 11.0. The minimum absolute atomic E-state index is 0.0990. The van der Waals surface area contributed by atoms with E-state index >= 15 is 0 Å². The molecule has 5 rings (SSSR count). The summed E-state index contributed by atoms with van der Waals surface area (Å²) < 4.78 is 0. The van der Waals surface area contributed by atoms with Crippen LogP contribution < -0.4 is 0 Å². The van der Waals surface area contributed by atoms with Crippen LogP contribution in [-0.4, -0.2) is 57.1 Å². The molecule has 1 unspecified atom stereocenters. The van der Waals surface area contributed by atoms with E-state index in [9.17, 15) is 4.79 Å². The van der Waals surface area contributed by atoms with Crippen molar-refractivity contribution >= 4 is 5.91 Å². The van der Waals surface area contributed by atoms with Gasteiger partial charge in [-0.05, 0) is 24.3 Å². The van der Waals surface area contributed by atoms with Gasteiger partial charge >= 0.3 is 0 Å². The predicted molar refractivity (Wildman–Crippen MR) is 111 cm³/mol. The van der Waals surface area contributed by atoms with Crippen LogP contribution in [0.1, 0.15) is 62.2 Å². The zero-order valence-electron chi connectivity index (χ0n) is 17.5. The van der Waals surface area contributed by atoms with Crippen molar-refractivity contribution in [1.29, 1.82) is 0 Å². The molecule has 154 valence electrons. The van der Waals surface area contributed by atoms with Crippen molar-refractivity contribution in [3.05, 3.63) is 47.5 Å². The van der Waals surface area contributed by atoms with Crippen molar-refractivity contribution in [2.45, 2.75) is 51.5 Å². The van der Waals surface area contributed by atoms with Gasteiger partial charge in [0.05, 0.1) is 0 Å². The van der Waals surface area contributed by atoms with Crippen LogP contribution in [0, 0.1) is 11.3 Å². The highest BCUT2D eigenvalue weighted by atomic mass is 16.2. The van der Waals surface area contributed by atoms with E-state index in [1.54, 1.807) is 0 Å². The number of rotatable bonds is 6. The molecule has 1 saturated carbocycles. The van der Waals surface area contributed by atoms with E-state index in [2.05, 4.69) is 64.2 Å².